The van der Waals surface area contributed by atoms with Crippen LogP contribution < -0.4 is 5.32 Å². The molecule has 2 saturated carbocycles. The first-order valence-corrected chi connectivity index (χ1v) is 8.18. The topological polar surface area (TPSA) is 24.9 Å². The minimum absolute atomic E-state index is 0.776. The molecule has 2 heteroatoms. The van der Waals surface area contributed by atoms with E-state index in [4.69, 9.17) is 0 Å². The maximum atomic E-state index is 4.55. The Hall–Kier alpha value is -1.15. The Bertz CT molecular complexity index is 451. The van der Waals surface area contributed by atoms with Gasteiger partial charge in [-0.15, -0.1) is 0 Å². The van der Waals surface area contributed by atoms with Gasteiger partial charge in [0.1, 0.15) is 0 Å². The number of hydrogen-bond acceptors (Lipinski definition) is 2. The van der Waals surface area contributed by atoms with Crippen LogP contribution in [-0.2, 0) is 0 Å². The summed E-state index contributed by atoms with van der Waals surface area (Å²) in [5, 5.41) is 3.69. The van der Waals surface area contributed by atoms with Crippen LogP contribution in [0.15, 0.2) is 23.9 Å². The van der Waals surface area contributed by atoms with Gasteiger partial charge >= 0.3 is 0 Å². The van der Waals surface area contributed by atoms with Gasteiger partial charge in [-0.25, -0.2) is 0 Å². The van der Waals surface area contributed by atoms with Crippen LogP contribution in [0.5, 0.6) is 0 Å². The predicted molar refractivity (Wildman–Crippen MR) is 84.6 cm³/mol. The van der Waals surface area contributed by atoms with E-state index >= 15 is 0 Å². The molecule has 0 bridgehead atoms. The molecule has 0 aliphatic heterocycles. The Kier molecular flexibility index (Phi) is 4.51. The molecule has 1 heterocycles. The lowest BCUT2D eigenvalue weighted by atomic mass is 9.83. The van der Waals surface area contributed by atoms with Crippen molar-refractivity contribution in [3.63, 3.8) is 0 Å². The fourth-order valence-corrected chi connectivity index (χ4v) is 3.09. The van der Waals surface area contributed by atoms with Gasteiger partial charge in [-0.1, -0.05) is 30.9 Å². The molecule has 0 spiro atoms. The van der Waals surface area contributed by atoms with Gasteiger partial charge in [0.15, 0.2) is 0 Å². The largest absolute Gasteiger partial charge is 0.310 e. The number of nitrogens with zero attached hydrogens (tertiary/aromatic N) is 1. The van der Waals surface area contributed by atoms with Crippen molar-refractivity contribution >= 4 is 6.08 Å². The molecule has 20 heavy (non-hydrogen) atoms. The SMILES string of the molecule is Cc1ccc(/C=C(/CNC2CC2)C2CCCCC2)nc1. The molecule has 0 radical (unpaired) electrons. The molecule has 108 valence electrons. The van der Waals surface area contributed by atoms with E-state index in [-0.39, 0.29) is 0 Å². The predicted octanol–water partition coefficient (Wildman–Crippen LogP) is 4.11. The number of nitrogens with one attached hydrogen (secondary N) is 1. The molecule has 0 aromatic carbocycles. The third kappa shape index (κ3) is 3.92. The average molecular weight is 270 g/mol. The van der Waals surface area contributed by atoms with Crippen LogP contribution in [0.1, 0.15) is 56.2 Å². The lowest BCUT2D eigenvalue weighted by Crippen LogP contribution is -2.24. The zero-order chi connectivity index (χ0) is 13.8. The van der Waals surface area contributed by atoms with E-state index in [0.29, 0.717) is 0 Å². The van der Waals surface area contributed by atoms with E-state index < -0.39 is 0 Å². The number of hydrogen-bond donors (Lipinski definition) is 1. The molecule has 2 nitrogen and oxygen atoms in total. The van der Waals surface area contributed by atoms with Crippen LogP contribution >= 0.6 is 0 Å². The summed E-state index contributed by atoms with van der Waals surface area (Å²) in [4.78, 5) is 4.55. The van der Waals surface area contributed by atoms with E-state index in [0.717, 1.165) is 24.2 Å². The normalized spacial score (nSPS) is 21.1. The summed E-state index contributed by atoms with van der Waals surface area (Å²) < 4.78 is 0. The highest BCUT2D eigenvalue weighted by molar-refractivity contribution is 5.50. The summed E-state index contributed by atoms with van der Waals surface area (Å²) in [5.41, 5.74) is 3.93. The summed E-state index contributed by atoms with van der Waals surface area (Å²) in [6.45, 7) is 3.15. The second-order valence-electron chi connectivity index (χ2n) is 6.47. The third-order valence-electron chi connectivity index (χ3n) is 4.57. The highest BCUT2D eigenvalue weighted by atomic mass is 14.9. The molecular formula is C18H26N2. The first-order valence-electron chi connectivity index (χ1n) is 8.18. The molecule has 1 aromatic heterocycles. The number of aromatic nitrogens is 1. The molecule has 3 rings (SSSR count). The minimum atomic E-state index is 0.776. The van der Waals surface area contributed by atoms with Gasteiger partial charge in [0.2, 0.25) is 0 Å². The minimum Gasteiger partial charge on any atom is -0.310 e. The average Bonchev–Trinajstić information content (AvgIpc) is 3.31. The smallest absolute Gasteiger partial charge is 0.0629 e. The highest BCUT2D eigenvalue weighted by Crippen LogP contribution is 2.31. The molecule has 0 unspecified atom stereocenters. The molecule has 2 aliphatic carbocycles. The summed E-state index contributed by atoms with van der Waals surface area (Å²) in [7, 11) is 0. The maximum Gasteiger partial charge on any atom is 0.0629 e. The van der Waals surface area contributed by atoms with Gasteiger partial charge < -0.3 is 5.32 Å². The molecule has 0 atom stereocenters. The van der Waals surface area contributed by atoms with Crippen molar-refractivity contribution in [1.29, 1.82) is 0 Å². The number of rotatable bonds is 5. The summed E-state index contributed by atoms with van der Waals surface area (Å²) in [6, 6.07) is 5.09. The van der Waals surface area contributed by atoms with Crippen LogP contribution in [0, 0.1) is 12.8 Å². The molecule has 1 N–H and O–H groups in total. The van der Waals surface area contributed by atoms with E-state index in [1.807, 2.05) is 6.20 Å². The van der Waals surface area contributed by atoms with Gasteiger partial charge in [-0.3, -0.25) is 4.98 Å². The second kappa shape index (κ2) is 6.53. The van der Waals surface area contributed by atoms with Crippen molar-refractivity contribution in [2.45, 2.75) is 57.9 Å². The van der Waals surface area contributed by atoms with Crippen molar-refractivity contribution in [2.24, 2.45) is 5.92 Å². The van der Waals surface area contributed by atoms with Crippen molar-refractivity contribution in [2.75, 3.05) is 6.54 Å². The zero-order valence-corrected chi connectivity index (χ0v) is 12.6. The molecule has 2 aliphatic rings. The molecule has 0 amide bonds. The Morgan fingerprint density at radius 3 is 2.65 bits per heavy atom. The Balaban J connectivity index is 1.73. The number of pyridine rings is 1. The van der Waals surface area contributed by atoms with Gasteiger partial charge in [-0.2, -0.15) is 0 Å². The molecular weight excluding hydrogens is 244 g/mol. The van der Waals surface area contributed by atoms with Gasteiger partial charge in [0, 0.05) is 18.8 Å². The molecule has 0 saturated heterocycles. The van der Waals surface area contributed by atoms with Gasteiger partial charge in [-0.05, 0) is 56.2 Å². The Morgan fingerprint density at radius 1 is 1.20 bits per heavy atom. The van der Waals surface area contributed by atoms with Gasteiger partial charge in [0.25, 0.3) is 0 Å². The van der Waals surface area contributed by atoms with Crippen molar-refractivity contribution < 1.29 is 0 Å². The monoisotopic (exact) mass is 270 g/mol. The fraction of sp³-hybridized carbons (Fsp3) is 0.611. The summed E-state index contributed by atoms with van der Waals surface area (Å²) >= 11 is 0. The van der Waals surface area contributed by atoms with Crippen molar-refractivity contribution in [1.82, 2.24) is 10.3 Å². The number of aryl methyl sites for hydroxylation is 1. The standard InChI is InChI=1S/C18H26N2/c1-14-7-8-18(19-12-14)11-16(13-20-17-9-10-17)15-5-3-2-4-6-15/h7-8,11-12,15,17,20H,2-6,9-10,13H2,1H3/b16-11-. The quantitative estimate of drug-likeness (QED) is 0.871. The second-order valence-corrected chi connectivity index (χ2v) is 6.47. The van der Waals surface area contributed by atoms with E-state index in [1.165, 1.54) is 50.5 Å². The van der Waals surface area contributed by atoms with Crippen LogP contribution in [0.4, 0.5) is 0 Å². The van der Waals surface area contributed by atoms with Crippen molar-refractivity contribution in [3.8, 4) is 0 Å². The Labute approximate surface area is 122 Å². The Morgan fingerprint density at radius 2 is 2.00 bits per heavy atom. The van der Waals surface area contributed by atoms with Crippen LogP contribution in [0.3, 0.4) is 0 Å². The lowest BCUT2D eigenvalue weighted by molar-refractivity contribution is 0.396. The first kappa shape index (κ1) is 13.8. The van der Waals surface area contributed by atoms with Crippen LogP contribution in [0.2, 0.25) is 0 Å². The van der Waals surface area contributed by atoms with E-state index in [2.05, 4.69) is 35.4 Å². The van der Waals surface area contributed by atoms with E-state index in [9.17, 15) is 0 Å². The highest BCUT2D eigenvalue weighted by Gasteiger charge is 2.23. The summed E-state index contributed by atoms with van der Waals surface area (Å²) in [5.74, 6) is 0.776. The van der Waals surface area contributed by atoms with Crippen LogP contribution in [0.25, 0.3) is 6.08 Å². The fourth-order valence-electron chi connectivity index (χ4n) is 3.09. The lowest BCUT2D eigenvalue weighted by Gasteiger charge is -2.25. The maximum absolute atomic E-state index is 4.55. The molecule has 2 fully saturated rings. The zero-order valence-electron chi connectivity index (χ0n) is 12.6. The summed E-state index contributed by atoms with van der Waals surface area (Å²) in [6.07, 6.45) is 14.0. The van der Waals surface area contributed by atoms with E-state index in [1.54, 1.807) is 5.57 Å². The first-order chi connectivity index (χ1) is 9.81. The van der Waals surface area contributed by atoms with Gasteiger partial charge in [0.05, 0.1) is 5.69 Å². The molecule has 1 aromatic rings. The third-order valence-corrected chi connectivity index (χ3v) is 4.57. The van der Waals surface area contributed by atoms with Crippen LogP contribution in [-0.4, -0.2) is 17.6 Å². The van der Waals surface area contributed by atoms with Crippen molar-refractivity contribution in [3.05, 3.63) is 35.2 Å².